The second-order valence-electron chi connectivity index (χ2n) is 4.29. The zero-order chi connectivity index (χ0) is 14.9. The van der Waals surface area contributed by atoms with Gasteiger partial charge in [-0.1, -0.05) is 0 Å². The highest BCUT2D eigenvalue weighted by molar-refractivity contribution is 9.10. The summed E-state index contributed by atoms with van der Waals surface area (Å²) in [6, 6.07) is 7.12. The van der Waals surface area contributed by atoms with Crippen LogP contribution in [0.4, 0.5) is 10.7 Å². The van der Waals surface area contributed by atoms with E-state index in [9.17, 15) is 4.79 Å². The van der Waals surface area contributed by atoms with E-state index in [2.05, 4.69) is 27.3 Å². The number of nitrogens with two attached hydrogens (primary N) is 1. The predicted molar refractivity (Wildman–Crippen MR) is 85.0 cm³/mol. The number of anilines is 2. The van der Waals surface area contributed by atoms with Crippen molar-refractivity contribution >= 4 is 43.9 Å². The van der Waals surface area contributed by atoms with Crippen LogP contribution in [-0.2, 0) is 0 Å². The molecule has 2 rings (SSSR count). The van der Waals surface area contributed by atoms with Gasteiger partial charge in [-0.15, -0.1) is 11.3 Å². The number of nitrogens with one attached hydrogen (secondary N) is 1. The topological polar surface area (TPSA) is 78.9 Å². The Bertz CT molecular complexity index is 731. The minimum absolute atomic E-state index is 0.276. The average molecular weight is 350 g/mol. The Morgan fingerprint density at radius 2 is 2.15 bits per heavy atom. The maximum atomic E-state index is 12.2. The molecule has 1 heterocycles. The number of nitriles is 1. The van der Waals surface area contributed by atoms with Crippen LogP contribution >= 0.6 is 27.3 Å². The standard InChI is InChI=1S/C14H12BrN3OS/c1-7-8(2)20-14(10(7)6-16)18-13(19)9-3-4-11(15)12(17)5-9/h3-5H,17H2,1-2H3,(H,18,19). The highest BCUT2D eigenvalue weighted by atomic mass is 79.9. The van der Waals surface area contributed by atoms with Gasteiger partial charge in [0.1, 0.15) is 11.1 Å². The molecule has 0 saturated heterocycles. The molecular formula is C14H12BrN3OS. The van der Waals surface area contributed by atoms with Gasteiger partial charge in [-0.05, 0) is 53.5 Å². The summed E-state index contributed by atoms with van der Waals surface area (Å²) in [5.41, 5.74) is 8.14. The maximum absolute atomic E-state index is 12.2. The first kappa shape index (κ1) is 14.6. The lowest BCUT2D eigenvalue weighted by Gasteiger charge is -2.05. The molecule has 6 heteroatoms. The van der Waals surface area contributed by atoms with Crippen molar-refractivity contribution in [2.45, 2.75) is 13.8 Å². The number of thiophene rings is 1. The molecule has 0 unspecified atom stereocenters. The molecule has 0 bridgehead atoms. The van der Waals surface area contributed by atoms with E-state index in [1.807, 2.05) is 13.8 Å². The molecule has 0 aliphatic carbocycles. The quantitative estimate of drug-likeness (QED) is 0.808. The van der Waals surface area contributed by atoms with Gasteiger partial charge in [0.2, 0.25) is 0 Å². The first-order valence-corrected chi connectivity index (χ1v) is 7.41. The Balaban J connectivity index is 2.30. The lowest BCUT2D eigenvalue weighted by Crippen LogP contribution is -2.12. The summed E-state index contributed by atoms with van der Waals surface area (Å²) in [6.45, 7) is 3.80. The molecule has 0 aliphatic rings. The van der Waals surface area contributed by atoms with Crippen LogP contribution in [0, 0.1) is 25.2 Å². The number of halogens is 1. The first-order valence-electron chi connectivity index (χ1n) is 5.80. The van der Waals surface area contributed by atoms with E-state index in [-0.39, 0.29) is 5.91 Å². The zero-order valence-electron chi connectivity index (χ0n) is 11.0. The Hall–Kier alpha value is -1.84. The summed E-state index contributed by atoms with van der Waals surface area (Å²) < 4.78 is 0.745. The van der Waals surface area contributed by atoms with Gasteiger partial charge < -0.3 is 11.1 Å². The summed E-state index contributed by atoms with van der Waals surface area (Å²) in [6.07, 6.45) is 0. The molecule has 3 N–H and O–H groups in total. The van der Waals surface area contributed by atoms with Crippen LogP contribution in [0.3, 0.4) is 0 Å². The normalized spacial score (nSPS) is 10.1. The van der Waals surface area contributed by atoms with Crippen molar-refractivity contribution in [2.75, 3.05) is 11.1 Å². The van der Waals surface area contributed by atoms with Gasteiger partial charge in [-0.25, -0.2) is 0 Å². The van der Waals surface area contributed by atoms with Gasteiger partial charge in [0.05, 0.1) is 5.56 Å². The minimum atomic E-state index is -0.276. The minimum Gasteiger partial charge on any atom is -0.398 e. The number of hydrogen-bond donors (Lipinski definition) is 2. The molecule has 0 fully saturated rings. The molecule has 0 atom stereocenters. The fourth-order valence-electron chi connectivity index (χ4n) is 1.71. The van der Waals surface area contributed by atoms with Crippen LogP contribution in [0.15, 0.2) is 22.7 Å². The fraction of sp³-hybridized carbons (Fsp3) is 0.143. The summed E-state index contributed by atoms with van der Waals surface area (Å²) in [7, 11) is 0. The van der Waals surface area contributed by atoms with Crippen LogP contribution in [0.1, 0.15) is 26.4 Å². The van der Waals surface area contributed by atoms with E-state index in [1.54, 1.807) is 18.2 Å². The monoisotopic (exact) mass is 349 g/mol. The van der Waals surface area contributed by atoms with Gasteiger partial charge in [0.15, 0.2) is 0 Å². The number of hydrogen-bond acceptors (Lipinski definition) is 4. The van der Waals surface area contributed by atoms with E-state index in [0.717, 1.165) is 14.9 Å². The van der Waals surface area contributed by atoms with Gasteiger partial charge in [-0.3, -0.25) is 4.79 Å². The Kier molecular flexibility index (Phi) is 4.12. The molecule has 102 valence electrons. The summed E-state index contributed by atoms with van der Waals surface area (Å²) >= 11 is 4.68. The molecule has 1 aromatic heterocycles. The van der Waals surface area contributed by atoms with Crippen molar-refractivity contribution in [3.8, 4) is 6.07 Å². The third-order valence-corrected chi connectivity index (χ3v) is 4.83. The average Bonchev–Trinajstić information content (AvgIpc) is 2.67. The largest absolute Gasteiger partial charge is 0.398 e. The Morgan fingerprint density at radius 3 is 2.75 bits per heavy atom. The third kappa shape index (κ3) is 2.69. The molecule has 0 aliphatic heterocycles. The van der Waals surface area contributed by atoms with Crippen molar-refractivity contribution in [3.05, 3.63) is 44.2 Å². The number of amides is 1. The van der Waals surface area contributed by atoms with Gasteiger partial charge >= 0.3 is 0 Å². The Labute approximate surface area is 129 Å². The van der Waals surface area contributed by atoms with Crippen LogP contribution in [0.25, 0.3) is 0 Å². The molecule has 0 radical (unpaired) electrons. The van der Waals surface area contributed by atoms with E-state index in [0.29, 0.717) is 21.8 Å². The van der Waals surface area contributed by atoms with Crippen molar-refractivity contribution < 1.29 is 4.79 Å². The van der Waals surface area contributed by atoms with E-state index in [1.165, 1.54) is 11.3 Å². The maximum Gasteiger partial charge on any atom is 0.256 e. The number of rotatable bonds is 2. The van der Waals surface area contributed by atoms with E-state index < -0.39 is 0 Å². The molecule has 1 amide bonds. The lowest BCUT2D eigenvalue weighted by atomic mass is 10.1. The third-order valence-electron chi connectivity index (χ3n) is 2.98. The van der Waals surface area contributed by atoms with Crippen LogP contribution in [0.5, 0.6) is 0 Å². The molecule has 20 heavy (non-hydrogen) atoms. The number of carbonyl (C=O) groups excluding carboxylic acids is 1. The van der Waals surface area contributed by atoms with Crippen molar-refractivity contribution in [1.29, 1.82) is 5.26 Å². The van der Waals surface area contributed by atoms with Crippen molar-refractivity contribution in [1.82, 2.24) is 0 Å². The first-order chi connectivity index (χ1) is 9.43. The van der Waals surface area contributed by atoms with Crippen LogP contribution in [0.2, 0.25) is 0 Å². The van der Waals surface area contributed by atoms with E-state index >= 15 is 0 Å². The summed E-state index contributed by atoms with van der Waals surface area (Å²) in [4.78, 5) is 13.2. The van der Waals surface area contributed by atoms with Gasteiger partial charge in [0.25, 0.3) is 5.91 Å². The molecular weight excluding hydrogens is 338 g/mol. The number of nitrogens with zero attached hydrogens (tertiary/aromatic N) is 1. The molecule has 1 aromatic carbocycles. The van der Waals surface area contributed by atoms with Gasteiger partial charge in [0, 0.05) is 20.6 Å². The van der Waals surface area contributed by atoms with Crippen LogP contribution in [-0.4, -0.2) is 5.91 Å². The molecule has 4 nitrogen and oxygen atoms in total. The predicted octanol–water partition coefficient (Wildman–Crippen LogP) is 3.83. The van der Waals surface area contributed by atoms with Crippen LogP contribution < -0.4 is 11.1 Å². The molecule has 0 saturated carbocycles. The lowest BCUT2D eigenvalue weighted by molar-refractivity contribution is 0.102. The number of benzene rings is 1. The fourth-order valence-corrected chi connectivity index (χ4v) is 2.96. The Morgan fingerprint density at radius 1 is 1.45 bits per heavy atom. The second kappa shape index (κ2) is 5.65. The smallest absolute Gasteiger partial charge is 0.256 e. The highest BCUT2D eigenvalue weighted by Crippen LogP contribution is 2.32. The van der Waals surface area contributed by atoms with Crippen molar-refractivity contribution in [3.63, 3.8) is 0 Å². The van der Waals surface area contributed by atoms with Gasteiger partial charge in [-0.2, -0.15) is 5.26 Å². The number of nitrogen functional groups attached to an aromatic ring is 1. The number of aryl methyl sites for hydroxylation is 1. The highest BCUT2D eigenvalue weighted by Gasteiger charge is 2.15. The molecule has 0 spiro atoms. The second-order valence-corrected chi connectivity index (χ2v) is 6.37. The number of carbonyl (C=O) groups is 1. The molecule has 2 aromatic rings. The summed E-state index contributed by atoms with van der Waals surface area (Å²) in [5.74, 6) is -0.276. The van der Waals surface area contributed by atoms with Crippen molar-refractivity contribution in [2.24, 2.45) is 0 Å². The SMILES string of the molecule is Cc1sc(NC(=O)c2ccc(Br)c(N)c2)c(C#N)c1C. The summed E-state index contributed by atoms with van der Waals surface area (Å²) in [5, 5.41) is 12.5. The van der Waals surface area contributed by atoms with E-state index in [4.69, 9.17) is 11.0 Å². The zero-order valence-corrected chi connectivity index (χ0v) is 13.4.